The highest BCUT2D eigenvalue weighted by atomic mass is 14.8. The van der Waals surface area contributed by atoms with Crippen molar-refractivity contribution in [2.45, 2.75) is 20.3 Å². The molecule has 0 radical (unpaired) electrons. The van der Waals surface area contributed by atoms with E-state index in [1.165, 1.54) is 12.1 Å². The third-order valence-electron chi connectivity index (χ3n) is 1.32. The van der Waals surface area contributed by atoms with Crippen molar-refractivity contribution >= 4 is 5.71 Å². The lowest BCUT2D eigenvalue weighted by molar-refractivity contribution is 0.664. The minimum absolute atomic E-state index is 0.819. The summed E-state index contributed by atoms with van der Waals surface area (Å²) >= 11 is 0. The normalized spacial score (nSPS) is 30.6. The Morgan fingerprint density at radius 1 is 1.71 bits per heavy atom. The lowest BCUT2D eigenvalue weighted by atomic mass is 10.1. The fourth-order valence-electron chi connectivity index (χ4n) is 0.945. The molecule has 1 rings (SSSR count). The highest BCUT2D eigenvalue weighted by Gasteiger charge is 2.08. The Morgan fingerprint density at radius 3 is 2.57 bits per heavy atom. The van der Waals surface area contributed by atoms with E-state index in [0.29, 0.717) is 0 Å². The van der Waals surface area contributed by atoms with Gasteiger partial charge in [0, 0.05) is 12.3 Å². The van der Waals surface area contributed by atoms with Crippen molar-refractivity contribution in [1.82, 2.24) is 0 Å². The molecule has 0 aliphatic carbocycles. The maximum atomic E-state index is 4.23. The molecule has 1 heterocycles. The average Bonchev–Trinajstić information content (AvgIpc) is 1.87. The SMILES string of the molecule is CC1=NCC(C)C1. The van der Waals surface area contributed by atoms with Crippen molar-refractivity contribution in [2.75, 3.05) is 6.54 Å². The van der Waals surface area contributed by atoms with Gasteiger partial charge in [-0.1, -0.05) is 6.92 Å². The zero-order valence-corrected chi connectivity index (χ0v) is 4.94. The van der Waals surface area contributed by atoms with E-state index in [-0.39, 0.29) is 0 Å². The topological polar surface area (TPSA) is 12.4 Å². The third kappa shape index (κ3) is 1.02. The van der Waals surface area contributed by atoms with Crippen LogP contribution in [-0.4, -0.2) is 12.3 Å². The Morgan fingerprint density at radius 2 is 2.43 bits per heavy atom. The molecule has 0 saturated heterocycles. The molecule has 0 aromatic carbocycles. The van der Waals surface area contributed by atoms with E-state index >= 15 is 0 Å². The maximum Gasteiger partial charge on any atom is 0.0417 e. The summed E-state index contributed by atoms with van der Waals surface area (Å²) in [6.45, 7) is 5.40. The van der Waals surface area contributed by atoms with Gasteiger partial charge in [-0.2, -0.15) is 0 Å². The molecule has 0 spiro atoms. The maximum absolute atomic E-state index is 4.23. The van der Waals surface area contributed by atoms with Gasteiger partial charge < -0.3 is 0 Å². The molecule has 0 amide bonds. The minimum atomic E-state index is 0.819. The first-order valence-corrected chi connectivity index (χ1v) is 2.79. The highest BCUT2D eigenvalue weighted by molar-refractivity contribution is 5.83. The first kappa shape index (κ1) is 4.82. The number of aliphatic imine (C=N–C) groups is 1. The predicted molar refractivity (Wildman–Crippen MR) is 31.8 cm³/mol. The molecule has 1 atom stereocenters. The van der Waals surface area contributed by atoms with E-state index in [2.05, 4.69) is 18.8 Å². The second-order valence-corrected chi connectivity index (χ2v) is 2.39. The second kappa shape index (κ2) is 1.65. The molecule has 7 heavy (non-hydrogen) atoms. The van der Waals surface area contributed by atoms with Crippen LogP contribution >= 0.6 is 0 Å². The molecule has 1 aliphatic rings. The molecule has 1 nitrogen and oxygen atoms in total. The molecular formula is C6H11N. The number of nitrogens with zero attached hydrogens (tertiary/aromatic N) is 1. The summed E-state index contributed by atoms with van der Waals surface area (Å²) in [6, 6.07) is 0. The molecule has 0 fully saturated rings. The van der Waals surface area contributed by atoms with Crippen LogP contribution in [0.3, 0.4) is 0 Å². The summed E-state index contributed by atoms with van der Waals surface area (Å²) in [5, 5.41) is 0. The quantitative estimate of drug-likeness (QED) is 0.434. The smallest absolute Gasteiger partial charge is 0.0417 e. The molecule has 1 aliphatic heterocycles. The van der Waals surface area contributed by atoms with E-state index in [9.17, 15) is 0 Å². The van der Waals surface area contributed by atoms with Crippen LogP contribution in [-0.2, 0) is 0 Å². The summed E-state index contributed by atoms with van der Waals surface area (Å²) < 4.78 is 0. The second-order valence-electron chi connectivity index (χ2n) is 2.39. The van der Waals surface area contributed by atoms with Gasteiger partial charge in [-0.3, -0.25) is 4.99 Å². The molecule has 0 aromatic rings. The van der Waals surface area contributed by atoms with Crippen LogP contribution in [0.2, 0.25) is 0 Å². The summed E-state index contributed by atoms with van der Waals surface area (Å²) in [6.07, 6.45) is 1.22. The van der Waals surface area contributed by atoms with Crippen LogP contribution in [0.25, 0.3) is 0 Å². The first-order valence-electron chi connectivity index (χ1n) is 2.79. The van der Waals surface area contributed by atoms with Gasteiger partial charge >= 0.3 is 0 Å². The van der Waals surface area contributed by atoms with Gasteiger partial charge in [0.05, 0.1) is 0 Å². The van der Waals surface area contributed by atoms with Gasteiger partial charge in [-0.25, -0.2) is 0 Å². The van der Waals surface area contributed by atoms with E-state index < -0.39 is 0 Å². The van der Waals surface area contributed by atoms with Crippen LogP contribution in [0.1, 0.15) is 20.3 Å². The van der Waals surface area contributed by atoms with E-state index in [1.807, 2.05) is 0 Å². The average molecular weight is 97.2 g/mol. The van der Waals surface area contributed by atoms with Crippen molar-refractivity contribution < 1.29 is 0 Å². The van der Waals surface area contributed by atoms with Crippen molar-refractivity contribution in [2.24, 2.45) is 10.9 Å². The minimum Gasteiger partial charge on any atom is -0.294 e. The largest absolute Gasteiger partial charge is 0.294 e. The van der Waals surface area contributed by atoms with E-state index in [1.54, 1.807) is 0 Å². The van der Waals surface area contributed by atoms with Crippen LogP contribution in [0.15, 0.2) is 4.99 Å². The summed E-state index contributed by atoms with van der Waals surface area (Å²) in [7, 11) is 0. The van der Waals surface area contributed by atoms with E-state index in [4.69, 9.17) is 0 Å². The van der Waals surface area contributed by atoms with E-state index in [0.717, 1.165) is 12.5 Å². The van der Waals surface area contributed by atoms with Crippen LogP contribution in [0.5, 0.6) is 0 Å². The lowest BCUT2D eigenvalue weighted by Crippen LogP contribution is -1.91. The number of rotatable bonds is 0. The Bertz CT molecular complexity index is 94.4. The summed E-state index contributed by atoms with van der Waals surface area (Å²) in [5.74, 6) is 0.819. The standard InChI is InChI=1S/C6H11N/c1-5-3-6(2)7-4-5/h5H,3-4H2,1-2H3. The van der Waals surface area contributed by atoms with Gasteiger partial charge in [0.1, 0.15) is 0 Å². The first-order chi connectivity index (χ1) is 3.29. The Labute approximate surface area is 44.5 Å². The molecule has 1 unspecified atom stereocenters. The van der Waals surface area contributed by atoms with Crippen molar-refractivity contribution in [3.63, 3.8) is 0 Å². The number of hydrogen-bond donors (Lipinski definition) is 0. The third-order valence-corrected chi connectivity index (χ3v) is 1.32. The van der Waals surface area contributed by atoms with Crippen molar-refractivity contribution in [3.05, 3.63) is 0 Å². The zero-order chi connectivity index (χ0) is 5.28. The zero-order valence-electron chi connectivity index (χ0n) is 4.94. The highest BCUT2D eigenvalue weighted by Crippen LogP contribution is 2.10. The van der Waals surface area contributed by atoms with Gasteiger partial charge in [-0.15, -0.1) is 0 Å². The van der Waals surface area contributed by atoms with Crippen LogP contribution in [0, 0.1) is 5.92 Å². The fourth-order valence-corrected chi connectivity index (χ4v) is 0.945. The van der Waals surface area contributed by atoms with Crippen molar-refractivity contribution in [3.8, 4) is 0 Å². The number of hydrogen-bond acceptors (Lipinski definition) is 1. The Balaban J connectivity index is 2.42. The molecule has 40 valence electrons. The predicted octanol–water partition coefficient (Wildman–Crippen LogP) is 1.49. The molecule has 0 bridgehead atoms. The Kier molecular flexibility index (Phi) is 1.13. The molecule has 0 N–H and O–H groups in total. The fraction of sp³-hybridized carbons (Fsp3) is 0.833. The van der Waals surface area contributed by atoms with Gasteiger partial charge in [0.25, 0.3) is 0 Å². The molecule has 0 aromatic heterocycles. The summed E-state index contributed by atoms with van der Waals surface area (Å²) in [4.78, 5) is 4.23. The van der Waals surface area contributed by atoms with Gasteiger partial charge in [0.15, 0.2) is 0 Å². The van der Waals surface area contributed by atoms with Gasteiger partial charge in [0.2, 0.25) is 0 Å². The van der Waals surface area contributed by atoms with Crippen molar-refractivity contribution in [1.29, 1.82) is 0 Å². The van der Waals surface area contributed by atoms with Gasteiger partial charge in [-0.05, 0) is 19.3 Å². The Hall–Kier alpha value is -0.330. The monoisotopic (exact) mass is 97.1 g/mol. The van der Waals surface area contributed by atoms with Crippen LogP contribution in [0.4, 0.5) is 0 Å². The summed E-state index contributed by atoms with van der Waals surface area (Å²) in [5.41, 5.74) is 1.33. The molecule has 1 heteroatoms. The molecular weight excluding hydrogens is 86.1 g/mol. The molecule has 0 saturated carbocycles. The van der Waals surface area contributed by atoms with Crippen LogP contribution < -0.4 is 0 Å². The lowest BCUT2D eigenvalue weighted by Gasteiger charge is -1.92.